The van der Waals surface area contributed by atoms with Crippen molar-refractivity contribution in [3.05, 3.63) is 0 Å². The molecule has 1 rings (SSSR count). The first-order valence-corrected chi connectivity index (χ1v) is 4.47. The summed E-state index contributed by atoms with van der Waals surface area (Å²) in [6.45, 7) is 7.37. The third-order valence-corrected chi connectivity index (χ3v) is 1.26. The predicted molar refractivity (Wildman–Crippen MR) is 47.0 cm³/mol. The Labute approximate surface area is 74.0 Å². The lowest BCUT2D eigenvalue weighted by Crippen LogP contribution is -2.02. The molecular formula is C9H18O3. The van der Waals surface area contributed by atoms with Gasteiger partial charge in [0.1, 0.15) is 0 Å². The Kier molecular flexibility index (Phi) is 6.76. The van der Waals surface area contributed by atoms with E-state index in [1.165, 1.54) is 0 Å². The minimum Gasteiger partial charge on any atom is -0.466 e. The predicted octanol–water partition coefficient (Wildman–Crippen LogP) is 1.75. The lowest BCUT2D eigenvalue weighted by atomic mass is 10.5. The van der Waals surface area contributed by atoms with Crippen LogP contribution in [-0.4, -0.2) is 25.3 Å². The molecule has 0 spiro atoms. The Bertz CT molecular complexity index is 119. The molecule has 1 atom stereocenters. The molecule has 1 aliphatic heterocycles. The largest absolute Gasteiger partial charge is 0.466 e. The van der Waals surface area contributed by atoms with Gasteiger partial charge in [0.25, 0.3) is 0 Å². The van der Waals surface area contributed by atoms with E-state index in [0.717, 1.165) is 13.0 Å². The molecule has 0 amide bonds. The molecule has 12 heavy (non-hydrogen) atoms. The number of hydrogen-bond donors (Lipinski definition) is 0. The van der Waals surface area contributed by atoms with Crippen molar-refractivity contribution >= 4 is 5.97 Å². The van der Waals surface area contributed by atoms with Gasteiger partial charge in [-0.1, -0.05) is 13.8 Å². The zero-order valence-electron chi connectivity index (χ0n) is 8.13. The highest BCUT2D eigenvalue weighted by Crippen LogP contribution is 2.04. The summed E-state index contributed by atoms with van der Waals surface area (Å²) < 4.78 is 9.41. The summed E-state index contributed by atoms with van der Waals surface area (Å²) in [7, 11) is 0. The van der Waals surface area contributed by atoms with Gasteiger partial charge in [0.15, 0.2) is 0 Å². The zero-order chi connectivity index (χ0) is 9.40. The van der Waals surface area contributed by atoms with E-state index in [4.69, 9.17) is 9.47 Å². The molecule has 1 fully saturated rings. The molecule has 72 valence electrons. The molecular weight excluding hydrogens is 156 g/mol. The average molecular weight is 174 g/mol. The maximum atomic E-state index is 10.3. The van der Waals surface area contributed by atoms with Crippen LogP contribution in [0.1, 0.15) is 33.6 Å². The standard InChI is InChI=1S/C6H12O2.C3H6O/c1-3-5-8-6(7)4-2;1-3-2-4-3/h3-5H2,1-2H3;3H,2H2,1H3. The van der Waals surface area contributed by atoms with Crippen LogP contribution >= 0.6 is 0 Å². The number of epoxide rings is 1. The molecule has 1 unspecified atom stereocenters. The molecule has 0 saturated carbocycles. The molecule has 3 nitrogen and oxygen atoms in total. The van der Waals surface area contributed by atoms with E-state index in [-0.39, 0.29) is 5.97 Å². The van der Waals surface area contributed by atoms with Crippen LogP contribution in [0.25, 0.3) is 0 Å². The maximum absolute atomic E-state index is 10.3. The van der Waals surface area contributed by atoms with E-state index in [9.17, 15) is 4.79 Å². The summed E-state index contributed by atoms with van der Waals surface area (Å²) in [5, 5.41) is 0. The zero-order valence-corrected chi connectivity index (χ0v) is 8.13. The highest BCUT2D eigenvalue weighted by atomic mass is 16.6. The second kappa shape index (κ2) is 7.10. The average Bonchev–Trinajstić information content (AvgIpc) is 2.84. The van der Waals surface area contributed by atoms with E-state index in [0.29, 0.717) is 19.1 Å². The smallest absolute Gasteiger partial charge is 0.305 e. The van der Waals surface area contributed by atoms with E-state index in [2.05, 4.69) is 6.92 Å². The van der Waals surface area contributed by atoms with Gasteiger partial charge < -0.3 is 9.47 Å². The molecule has 1 saturated heterocycles. The van der Waals surface area contributed by atoms with E-state index in [1.807, 2.05) is 6.92 Å². The van der Waals surface area contributed by atoms with E-state index >= 15 is 0 Å². The van der Waals surface area contributed by atoms with Gasteiger partial charge in [-0.15, -0.1) is 0 Å². The minimum atomic E-state index is -0.105. The van der Waals surface area contributed by atoms with Crippen molar-refractivity contribution in [3.63, 3.8) is 0 Å². The van der Waals surface area contributed by atoms with Crippen molar-refractivity contribution in [1.29, 1.82) is 0 Å². The first kappa shape index (κ1) is 11.4. The van der Waals surface area contributed by atoms with Crippen LogP contribution in [0.4, 0.5) is 0 Å². The Morgan fingerprint density at radius 2 is 2.08 bits per heavy atom. The molecule has 0 aromatic carbocycles. The summed E-state index contributed by atoms with van der Waals surface area (Å²) in [4.78, 5) is 10.3. The number of carbonyl (C=O) groups excluding carboxylic acids is 1. The fraction of sp³-hybridized carbons (Fsp3) is 0.889. The van der Waals surface area contributed by atoms with Crippen molar-refractivity contribution in [1.82, 2.24) is 0 Å². The molecule has 0 aromatic heterocycles. The molecule has 0 aliphatic carbocycles. The number of esters is 1. The minimum absolute atomic E-state index is 0.105. The fourth-order valence-corrected chi connectivity index (χ4v) is 0.414. The molecule has 0 aromatic rings. The molecule has 0 radical (unpaired) electrons. The van der Waals surface area contributed by atoms with E-state index < -0.39 is 0 Å². The monoisotopic (exact) mass is 174 g/mol. The van der Waals surface area contributed by atoms with E-state index in [1.54, 1.807) is 6.92 Å². The maximum Gasteiger partial charge on any atom is 0.305 e. The van der Waals surface area contributed by atoms with Crippen molar-refractivity contribution in [2.24, 2.45) is 0 Å². The highest BCUT2D eigenvalue weighted by molar-refractivity contribution is 5.68. The number of rotatable bonds is 3. The van der Waals surface area contributed by atoms with Crippen LogP contribution in [0.2, 0.25) is 0 Å². The molecule has 3 heteroatoms. The van der Waals surface area contributed by atoms with Gasteiger partial charge in [-0.3, -0.25) is 4.79 Å². The summed E-state index contributed by atoms with van der Waals surface area (Å²) in [6.07, 6.45) is 1.98. The van der Waals surface area contributed by atoms with Crippen molar-refractivity contribution in [3.8, 4) is 0 Å². The highest BCUT2D eigenvalue weighted by Gasteiger charge is 2.13. The SMILES string of the molecule is CC1CO1.CCCOC(=O)CC. The van der Waals surface area contributed by atoms with Gasteiger partial charge in [0.2, 0.25) is 0 Å². The topological polar surface area (TPSA) is 38.8 Å². The first-order chi connectivity index (χ1) is 5.70. The number of ether oxygens (including phenoxy) is 2. The van der Waals surface area contributed by atoms with Crippen molar-refractivity contribution in [2.75, 3.05) is 13.2 Å². The van der Waals surface area contributed by atoms with Gasteiger partial charge in [0, 0.05) is 6.42 Å². The van der Waals surface area contributed by atoms with Crippen LogP contribution in [0.5, 0.6) is 0 Å². The second-order valence-electron chi connectivity index (χ2n) is 2.72. The Morgan fingerprint density at radius 3 is 2.33 bits per heavy atom. The fourth-order valence-electron chi connectivity index (χ4n) is 0.414. The number of hydrogen-bond acceptors (Lipinski definition) is 3. The summed E-state index contributed by atoms with van der Waals surface area (Å²) in [6, 6.07) is 0. The van der Waals surface area contributed by atoms with Gasteiger partial charge in [-0.05, 0) is 13.3 Å². The summed E-state index contributed by atoms with van der Waals surface area (Å²) in [5.74, 6) is -0.105. The molecule has 1 aliphatic rings. The number of carbonyl (C=O) groups is 1. The first-order valence-electron chi connectivity index (χ1n) is 4.47. The van der Waals surface area contributed by atoms with Gasteiger partial charge in [-0.2, -0.15) is 0 Å². The molecule has 0 bridgehead atoms. The molecule has 1 heterocycles. The normalized spacial score (nSPS) is 19.1. The molecule has 0 N–H and O–H groups in total. The summed E-state index contributed by atoms with van der Waals surface area (Å²) in [5.41, 5.74) is 0. The quantitative estimate of drug-likeness (QED) is 0.483. The van der Waals surface area contributed by atoms with Crippen LogP contribution in [-0.2, 0) is 14.3 Å². The van der Waals surface area contributed by atoms with Crippen LogP contribution in [0.15, 0.2) is 0 Å². The summed E-state index contributed by atoms with van der Waals surface area (Å²) >= 11 is 0. The van der Waals surface area contributed by atoms with Crippen LogP contribution in [0.3, 0.4) is 0 Å². The van der Waals surface area contributed by atoms with Gasteiger partial charge in [-0.25, -0.2) is 0 Å². The van der Waals surface area contributed by atoms with Gasteiger partial charge >= 0.3 is 5.97 Å². The Hall–Kier alpha value is -0.570. The lowest BCUT2D eigenvalue weighted by Gasteiger charge is -1.97. The van der Waals surface area contributed by atoms with Crippen LogP contribution < -0.4 is 0 Å². The lowest BCUT2D eigenvalue weighted by molar-refractivity contribution is -0.143. The Morgan fingerprint density at radius 1 is 1.58 bits per heavy atom. The van der Waals surface area contributed by atoms with Gasteiger partial charge in [0.05, 0.1) is 19.3 Å². The second-order valence-corrected chi connectivity index (χ2v) is 2.72. The third kappa shape index (κ3) is 9.43. The van der Waals surface area contributed by atoms with Crippen molar-refractivity contribution in [2.45, 2.75) is 39.7 Å². The van der Waals surface area contributed by atoms with Crippen LogP contribution in [0, 0.1) is 0 Å². The van der Waals surface area contributed by atoms with Crippen molar-refractivity contribution < 1.29 is 14.3 Å². The third-order valence-electron chi connectivity index (χ3n) is 1.26. The Balaban J connectivity index is 0.000000247.